The van der Waals surface area contributed by atoms with Crippen LogP contribution in [0.2, 0.25) is 0 Å². The highest BCUT2D eigenvalue weighted by Crippen LogP contribution is 2.53. The van der Waals surface area contributed by atoms with Crippen molar-refractivity contribution >= 4 is 22.1 Å². The predicted octanol–water partition coefficient (Wildman–Crippen LogP) is 6.87. The third kappa shape index (κ3) is 2.37. The Morgan fingerprint density at radius 2 is 1.91 bits per heavy atom. The van der Waals surface area contributed by atoms with Gasteiger partial charge in [-0.15, -0.1) is 0 Å². The summed E-state index contributed by atoms with van der Waals surface area (Å²) in [5.41, 5.74) is 2.99. The smallest absolute Gasteiger partial charge is 0.227 e. The molecule has 1 atom stereocenters. The zero-order valence-electron chi connectivity index (χ0n) is 25.9. The number of hydrogen-bond acceptors (Lipinski definition) is 2. The Morgan fingerprint density at radius 1 is 1.03 bits per heavy atom. The van der Waals surface area contributed by atoms with E-state index in [1.54, 1.807) is 24.3 Å². The van der Waals surface area contributed by atoms with Gasteiger partial charge in [-0.3, -0.25) is 0 Å². The Kier molecular flexibility index (Phi) is 2.65. The van der Waals surface area contributed by atoms with Crippen molar-refractivity contribution in [2.75, 3.05) is 0 Å². The first-order chi connectivity index (χ1) is 18.7. The number of furan rings is 1. The second-order valence-corrected chi connectivity index (χ2v) is 8.42. The fraction of sp³-hybridized carbons (Fsp3) is 0.241. The average Bonchev–Trinajstić information content (AvgIpc) is 3.35. The molecule has 6 rings (SSSR count). The molecule has 32 heavy (non-hydrogen) atoms. The van der Waals surface area contributed by atoms with Gasteiger partial charge in [0.2, 0.25) is 11.4 Å². The number of benzene rings is 2. The van der Waals surface area contributed by atoms with E-state index in [1.165, 1.54) is 0 Å². The van der Waals surface area contributed by atoms with E-state index in [1.807, 2.05) is 61.1 Å². The minimum atomic E-state index is -3.14. The maximum atomic E-state index is 8.96. The molecule has 2 aromatic carbocycles. The molecule has 0 bridgehead atoms. The molecule has 158 valence electrons. The summed E-state index contributed by atoms with van der Waals surface area (Å²) in [7, 11) is 1.94. The second kappa shape index (κ2) is 6.77. The molecule has 0 spiro atoms. The van der Waals surface area contributed by atoms with Gasteiger partial charge in [-0.05, 0) is 48.5 Å². The first kappa shape index (κ1) is 12.5. The lowest BCUT2D eigenvalue weighted by atomic mass is 9.76. The average molecular weight is 428 g/mol. The first-order valence-corrected chi connectivity index (χ1v) is 10.6. The standard InChI is InChI=1S/C29H27N2O/c1-5-29(6-2)23-12-8-7-11-19(23)21-17-22-20-15-14-18(3)25(24-13-9-10-16-31(24)4)26(20)32-28(22)30-27(21)29/h7-17H,5-6H2,1-4H3/q+1/i1D3,2D3,5D2. The number of aryl methyl sites for hydroxylation is 2. The van der Waals surface area contributed by atoms with Crippen LogP contribution in [0.3, 0.4) is 0 Å². The summed E-state index contributed by atoms with van der Waals surface area (Å²) in [5, 5.41) is 1.49. The highest BCUT2D eigenvalue weighted by atomic mass is 16.3. The minimum absolute atomic E-state index is 0.0704. The van der Waals surface area contributed by atoms with E-state index in [0.717, 1.165) is 22.2 Å². The van der Waals surface area contributed by atoms with Crippen LogP contribution >= 0.6 is 0 Å². The summed E-state index contributed by atoms with van der Waals surface area (Å²) < 4.78 is 75.2. The Bertz CT molecular complexity index is 1820. The van der Waals surface area contributed by atoms with E-state index in [2.05, 4.69) is 0 Å². The quantitative estimate of drug-likeness (QED) is 0.294. The van der Waals surface area contributed by atoms with Gasteiger partial charge in [-0.1, -0.05) is 50.1 Å². The Labute approximate surface area is 199 Å². The third-order valence-corrected chi connectivity index (χ3v) is 6.71. The van der Waals surface area contributed by atoms with E-state index < -0.39 is 31.9 Å². The van der Waals surface area contributed by atoms with Gasteiger partial charge >= 0.3 is 0 Å². The molecule has 3 aromatic heterocycles. The zero-order valence-corrected chi connectivity index (χ0v) is 17.9. The van der Waals surface area contributed by atoms with Crippen LogP contribution in [0, 0.1) is 6.92 Å². The fourth-order valence-corrected chi connectivity index (χ4v) is 5.06. The van der Waals surface area contributed by atoms with Gasteiger partial charge in [0.25, 0.3) is 0 Å². The van der Waals surface area contributed by atoms with Gasteiger partial charge in [0.05, 0.1) is 11.3 Å². The van der Waals surface area contributed by atoms with Crippen LogP contribution in [0.1, 0.15) is 54.3 Å². The molecule has 3 heteroatoms. The molecule has 0 radical (unpaired) electrons. The normalized spacial score (nSPS) is 22.1. The van der Waals surface area contributed by atoms with Gasteiger partial charge in [0.15, 0.2) is 11.8 Å². The van der Waals surface area contributed by atoms with Crippen LogP contribution in [-0.4, -0.2) is 4.98 Å². The molecule has 1 unspecified atom stereocenters. The van der Waals surface area contributed by atoms with Crippen LogP contribution in [0.4, 0.5) is 0 Å². The number of rotatable bonds is 3. The van der Waals surface area contributed by atoms with Crippen LogP contribution in [-0.2, 0) is 12.5 Å². The van der Waals surface area contributed by atoms with Crippen molar-refractivity contribution in [3.63, 3.8) is 0 Å². The number of aromatic nitrogens is 2. The lowest BCUT2D eigenvalue weighted by Gasteiger charge is -2.28. The fourth-order valence-electron chi connectivity index (χ4n) is 5.06. The largest absolute Gasteiger partial charge is 0.437 e. The predicted molar refractivity (Wildman–Crippen MR) is 130 cm³/mol. The topological polar surface area (TPSA) is 29.9 Å². The van der Waals surface area contributed by atoms with Crippen LogP contribution in [0.25, 0.3) is 44.5 Å². The number of fused-ring (bicyclic) bond motifs is 6. The SMILES string of the molecule is [2H]C([2H])([2H])CC1(C([2H])([2H])C([2H])([2H])[2H])c2ccccc2-c2cc3c(nc21)oc1c(-c2cccc[n+]2C)c(C)ccc13. The molecule has 0 fully saturated rings. The maximum Gasteiger partial charge on any atom is 0.227 e. The summed E-state index contributed by atoms with van der Waals surface area (Å²) in [6.07, 6.45) is -1.75. The van der Waals surface area contributed by atoms with Crippen molar-refractivity contribution in [1.29, 1.82) is 0 Å². The summed E-state index contributed by atoms with van der Waals surface area (Å²) >= 11 is 0. The van der Waals surface area contributed by atoms with Crippen molar-refractivity contribution in [1.82, 2.24) is 4.98 Å². The molecule has 1 aliphatic carbocycles. The van der Waals surface area contributed by atoms with Gasteiger partial charge in [0.1, 0.15) is 7.05 Å². The monoisotopic (exact) mass is 427 g/mol. The van der Waals surface area contributed by atoms with E-state index in [-0.39, 0.29) is 11.4 Å². The Hall–Kier alpha value is -3.46. The lowest BCUT2D eigenvalue weighted by Crippen LogP contribution is -2.30. The number of hydrogen-bond donors (Lipinski definition) is 0. The second-order valence-electron chi connectivity index (χ2n) is 8.42. The van der Waals surface area contributed by atoms with E-state index in [4.69, 9.17) is 20.4 Å². The molecule has 0 aliphatic heterocycles. The number of pyridine rings is 2. The van der Waals surface area contributed by atoms with E-state index in [0.29, 0.717) is 27.7 Å². The van der Waals surface area contributed by atoms with Crippen molar-refractivity contribution in [2.45, 2.75) is 38.8 Å². The van der Waals surface area contributed by atoms with Crippen molar-refractivity contribution in [3.8, 4) is 22.4 Å². The first-order valence-electron chi connectivity index (χ1n) is 14.6. The van der Waals surface area contributed by atoms with Crippen molar-refractivity contribution in [2.24, 2.45) is 7.05 Å². The molecule has 3 nitrogen and oxygen atoms in total. The summed E-state index contributed by atoms with van der Waals surface area (Å²) in [4.78, 5) is 4.80. The van der Waals surface area contributed by atoms with Gasteiger partial charge < -0.3 is 4.42 Å². The molecule has 0 amide bonds. The highest BCUT2D eigenvalue weighted by Gasteiger charge is 2.42. The van der Waals surface area contributed by atoms with Crippen LogP contribution in [0.15, 0.2) is 71.3 Å². The summed E-state index contributed by atoms with van der Waals surface area (Å²) in [6.45, 7) is -3.79. The van der Waals surface area contributed by atoms with Gasteiger partial charge in [-0.25, -0.2) is 9.55 Å². The van der Waals surface area contributed by atoms with Crippen molar-refractivity contribution in [3.05, 3.63) is 83.7 Å². The zero-order chi connectivity index (χ0) is 28.8. The van der Waals surface area contributed by atoms with Crippen molar-refractivity contribution < 1.29 is 20.0 Å². The van der Waals surface area contributed by atoms with Crippen LogP contribution < -0.4 is 4.57 Å². The summed E-state index contributed by atoms with van der Waals surface area (Å²) in [6, 6.07) is 18.5. The minimum Gasteiger partial charge on any atom is -0.437 e. The molecular formula is C29H27N2O+. The molecule has 0 saturated carbocycles. The third-order valence-electron chi connectivity index (χ3n) is 6.71. The van der Waals surface area contributed by atoms with E-state index >= 15 is 0 Å². The van der Waals surface area contributed by atoms with Crippen LogP contribution in [0.5, 0.6) is 0 Å². The lowest BCUT2D eigenvalue weighted by molar-refractivity contribution is -0.660. The Balaban J connectivity index is 1.74. The molecule has 3 heterocycles. The Morgan fingerprint density at radius 3 is 2.75 bits per heavy atom. The maximum absolute atomic E-state index is 8.96. The number of nitrogens with zero attached hydrogens (tertiary/aromatic N) is 2. The molecule has 0 saturated heterocycles. The molecular weight excluding hydrogens is 392 g/mol. The molecule has 0 N–H and O–H groups in total. The highest BCUT2D eigenvalue weighted by molar-refractivity contribution is 6.10. The van der Waals surface area contributed by atoms with Gasteiger partial charge in [0, 0.05) is 44.8 Å². The summed E-state index contributed by atoms with van der Waals surface area (Å²) in [5.74, 6) is 0. The van der Waals surface area contributed by atoms with E-state index in [9.17, 15) is 0 Å². The molecule has 5 aromatic rings. The van der Waals surface area contributed by atoms with Gasteiger partial charge in [-0.2, -0.15) is 0 Å². The molecule has 1 aliphatic rings.